The minimum absolute atomic E-state index is 0. The van der Waals surface area contributed by atoms with Gasteiger partial charge in [0.1, 0.15) is 6.61 Å². The van der Waals surface area contributed by atoms with E-state index in [2.05, 4.69) is 46.3 Å². The zero-order chi connectivity index (χ0) is 42.4. The highest BCUT2D eigenvalue weighted by Crippen LogP contribution is 2.24. The standard InChI is InChI=1S/C9H17F3O2.C9H20O2.C7H16O2.2C6H14O.2C2H6.CH4/c1-4-8(2,5-13-3)6-14-7-9(10,11)12;1-5-9(3,7-10-4)8-11-6-2;1-7(2,5-8-3)6-9-4;2*1-3-4-5-6-7-2;2*1-2;/h4-7H2,1-3H3;5-8H2,1-4H3;5-6H2,1-4H3;2*3-6H2,1-2H3;2*1-2H3;1H4. The quantitative estimate of drug-likeness (QED) is 0.0896. The molecular formula is C42H97F3O8. The second-order valence-corrected chi connectivity index (χ2v) is 13.4. The van der Waals surface area contributed by atoms with Gasteiger partial charge in [-0.2, -0.15) is 13.2 Å². The van der Waals surface area contributed by atoms with E-state index in [0.717, 1.165) is 59.1 Å². The summed E-state index contributed by atoms with van der Waals surface area (Å²) >= 11 is 0. The van der Waals surface area contributed by atoms with E-state index in [0.29, 0.717) is 6.61 Å². The summed E-state index contributed by atoms with van der Waals surface area (Å²) in [5, 5.41) is 0. The van der Waals surface area contributed by atoms with Crippen molar-refractivity contribution in [3.8, 4) is 0 Å². The maximum Gasteiger partial charge on any atom is 0.411 e. The van der Waals surface area contributed by atoms with Crippen LogP contribution in [0.4, 0.5) is 13.2 Å². The first-order valence-corrected chi connectivity index (χ1v) is 19.6. The Kier molecular flexibility index (Phi) is 71.0. The Hall–Kier alpha value is -0.530. The highest BCUT2D eigenvalue weighted by Gasteiger charge is 2.30. The van der Waals surface area contributed by atoms with Crippen molar-refractivity contribution in [3.63, 3.8) is 0 Å². The highest BCUT2D eigenvalue weighted by atomic mass is 19.4. The predicted molar refractivity (Wildman–Crippen MR) is 224 cm³/mol. The van der Waals surface area contributed by atoms with Crippen molar-refractivity contribution >= 4 is 0 Å². The van der Waals surface area contributed by atoms with Crippen molar-refractivity contribution in [2.75, 3.05) is 109 Å². The Balaban J connectivity index is -0.0000000790. The molecule has 0 heterocycles. The summed E-state index contributed by atoms with van der Waals surface area (Å²) in [6, 6.07) is 0. The van der Waals surface area contributed by atoms with Crippen LogP contribution in [0.25, 0.3) is 0 Å². The van der Waals surface area contributed by atoms with E-state index in [-0.39, 0.29) is 30.3 Å². The van der Waals surface area contributed by atoms with Crippen LogP contribution in [-0.4, -0.2) is 115 Å². The molecule has 0 aromatic carbocycles. The van der Waals surface area contributed by atoms with Gasteiger partial charge in [0.05, 0.1) is 39.6 Å². The van der Waals surface area contributed by atoms with Gasteiger partial charge < -0.3 is 37.9 Å². The number of hydrogen-bond donors (Lipinski definition) is 0. The Morgan fingerprint density at radius 1 is 0.415 bits per heavy atom. The van der Waals surface area contributed by atoms with Crippen LogP contribution in [0.5, 0.6) is 0 Å². The Bertz CT molecular complexity index is 573. The molecule has 0 aliphatic carbocycles. The SMILES string of the molecule is C.CC.CC.CCC(C)(COC)COCC(F)(F)F.CCCCCOC.CCCCCOC.CCOCC(C)(CC)COC.COCC(C)(C)COC. The van der Waals surface area contributed by atoms with Crippen LogP contribution in [-0.2, 0) is 37.9 Å². The molecule has 8 nitrogen and oxygen atoms in total. The summed E-state index contributed by atoms with van der Waals surface area (Å²) in [4.78, 5) is 0. The van der Waals surface area contributed by atoms with Crippen LogP contribution in [0.15, 0.2) is 0 Å². The fourth-order valence-corrected chi connectivity index (χ4v) is 3.77. The number of methoxy groups -OCH3 is 6. The Morgan fingerprint density at radius 2 is 0.736 bits per heavy atom. The van der Waals surface area contributed by atoms with Gasteiger partial charge in [0.25, 0.3) is 0 Å². The molecule has 0 N–H and O–H groups in total. The number of halogens is 3. The summed E-state index contributed by atoms with van der Waals surface area (Å²) in [6.45, 7) is 31.7. The molecule has 2 unspecified atom stereocenters. The minimum Gasteiger partial charge on any atom is -0.385 e. The molecule has 11 heteroatoms. The fourth-order valence-electron chi connectivity index (χ4n) is 3.77. The van der Waals surface area contributed by atoms with Gasteiger partial charge in [-0.25, -0.2) is 0 Å². The highest BCUT2D eigenvalue weighted by molar-refractivity contribution is 4.72. The zero-order valence-electron chi connectivity index (χ0n) is 38.1. The maximum atomic E-state index is 11.8. The Labute approximate surface area is 330 Å². The van der Waals surface area contributed by atoms with Crippen molar-refractivity contribution in [2.45, 2.75) is 155 Å². The third kappa shape index (κ3) is 69.8. The van der Waals surface area contributed by atoms with Crippen molar-refractivity contribution < 1.29 is 51.1 Å². The van der Waals surface area contributed by atoms with Gasteiger partial charge in [0, 0.05) is 78.7 Å². The smallest absolute Gasteiger partial charge is 0.385 e. The van der Waals surface area contributed by atoms with Crippen LogP contribution in [0.1, 0.15) is 149 Å². The van der Waals surface area contributed by atoms with Crippen LogP contribution >= 0.6 is 0 Å². The lowest BCUT2D eigenvalue weighted by Gasteiger charge is -2.27. The molecule has 0 amide bonds. The number of ether oxygens (including phenoxy) is 8. The third-order valence-electron chi connectivity index (χ3n) is 7.04. The first-order valence-electron chi connectivity index (χ1n) is 19.6. The molecule has 2 atom stereocenters. The first kappa shape index (κ1) is 70.3. The average molecular weight is 787 g/mol. The summed E-state index contributed by atoms with van der Waals surface area (Å²) < 4.78 is 74.9. The summed E-state index contributed by atoms with van der Waals surface area (Å²) in [5.74, 6) is 0. The zero-order valence-corrected chi connectivity index (χ0v) is 38.1. The molecule has 53 heavy (non-hydrogen) atoms. The van der Waals surface area contributed by atoms with Crippen LogP contribution in [0.3, 0.4) is 0 Å². The van der Waals surface area contributed by atoms with E-state index >= 15 is 0 Å². The number of rotatable bonds is 24. The topological polar surface area (TPSA) is 73.8 Å². The lowest BCUT2D eigenvalue weighted by atomic mass is 9.90. The van der Waals surface area contributed by atoms with Gasteiger partial charge in [-0.3, -0.25) is 0 Å². The molecule has 0 spiro atoms. The molecule has 0 saturated carbocycles. The number of hydrogen-bond acceptors (Lipinski definition) is 8. The van der Waals surface area contributed by atoms with Crippen LogP contribution in [0.2, 0.25) is 0 Å². The molecule has 0 saturated heterocycles. The van der Waals surface area contributed by atoms with Crippen LogP contribution < -0.4 is 0 Å². The predicted octanol–water partition coefficient (Wildman–Crippen LogP) is 12.4. The molecule has 0 aromatic rings. The van der Waals surface area contributed by atoms with Crippen molar-refractivity contribution in [1.82, 2.24) is 0 Å². The van der Waals surface area contributed by atoms with E-state index in [4.69, 9.17) is 33.2 Å². The second kappa shape index (κ2) is 53.6. The molecule has 0 aliphatic rings. The van der Waals surface area contributed by atoms with Gasteiger partial charge >= 0.3 is 6.18 Å². The maximum absolute atomic E-state index is 11.8. The number of unbranched alkanes of at least 4 members (excludes halogenated alkanes) is 4. The van der Waals surface area contributed by atoms with Gasteiger partial charge in [-0.05, 0) is 32.6 Å². The minimum atomic E-state index is -4.25. The number of alkyl halides is 3. The first-order chi connectivity index (χ1) is 24.5. The van der Waals surface area contributed by atoms with Crippen molar-refractivity contribution in [2.24, 2.45) is 16.2 Å². The monoisotopic (exact) mass is 787 g/mol. The molecular weight excluding hydrogens is 689 g/mol. The van der Waals surface area contributed by atoms with E-state index < -0.39 is 12.8 Å². The molecule has 0 rings (SSSR count). The summed E-state index contributed by atoms with van der Waals surface area (Å²) in [7, 11) is 10.2. The van der Waals surface area contributed by atoms with E-state index in [9.17, 15) is 13.2 Å². The lowest BCUT2D eigenvalue weighted by Crippen LogP contribution is -2.30. The van der Waals surface area contributed by atoms with Crippen LogP contribution in [0, 0.1) is 16.2 Å². The van der Waals surface area contributed by atoms with Gasteiger partial charge in [-0.15, -0.1) is 0 Å². The second-order valence-electron chi connectivity index (χ2n) is 13.4. The molecule has 0 fully saturated rings. The molecule has 334 valence electrons. The molecule has 0 aliphatic heterocycles. The van der Waals surface area contributed by atoms with Crippen molar-refractivity contribution in [1.29, 1.82) is 0 Å². The molecule has 0 bridgehead atoms. The van der Waals surface area contributed by atoms with Gasteiger partial charge in [0.2, 0.25) is 0 Å². The fraction of sp³-hybridized carbons (Fsp3) is 1.00. The summed E-state index contributed by atoms with van der Waals surface area (Å²) in [5.41, 5.74) is 0.0221. The van der Waals surface area contributed by atoms with E-state index in [1.807, 2.05) is 48.5 Å². The largest absolute Gasteiger partial charge is 0.411 e. The van der Waals surface area contributed by atoms with E-state index in [1.165, 1.54) is 45.6 Å². The van der Waals surface area contributed by atoms with Gasteiger partial charge in [-0.1, -0.05) is 116 Å². The summed E-state index contributed by atoms with van der Waals surface area (Å²) in [6.07, 6.45) is 5.16. The lowest BCUT2D eigenvalue weighted by molar-refractivity contribution is -0.182. The average Bonchev–Trinajstić information content (AvgIpc) is 3.10. The van der Waals surface area contributed by atoms with E-state index in [1.54, 1.807) is 35.5 Å². The van der Waals surface area contributed by atoms with Gasteiger partial charge in [0.15, 0.2) is 0 Å². The molecule has 0 aromatic heterocycles. The normalized spacial score (nSPS) is 12.6. The van der Waals surface area contributed by atoms with Crippen molar-refractivity contribution in [3.05, 3.63) is 0 Å². The molecule has 0 radical (unpaired) electrons. The Morgan fingerprint density at radius 3 is 0.962 bits per heavy atom. The third-order valence-corrected chi connectivity index (χ3v) is 7.04.